The summed E-state index contributed by atoms with van der Waals surface area (Å²) in [4.78, 5) is 19.4. The van der Waals surface area contributed by atoms with E-state index in [1.807, 2.05) is 36.6 Å². The number of aromatic nitrogens is 1. The summed E-state index contributed by atoms with van der Waals surface area (Å²) in [5, 5.41) is 4.96. The number of nitrogens with zero attached hydrogens (tertiary/aromatic N) is 2. The van der Waals surface area contributed by atoms with E-state index in [1.165, 1.54) is 0 Å². The van der Waals surface area contributed by atoms with E-state index in [9.17, 15) is 4.79 Å². The zero-order valence-electron chi connectivity index (χ0n) is 12.2. The monoisotopic (exact) mass is 335 g/mol. The van der Waals surface area contributed by atoms with Crippen molar-refractivity contribution in [2.45, 2.75) is 16.2 Å². The normalized spacial score (nSPS) is 14.9. The van der Waals surface area contributed by atoms with Crippen LogP contribution in [0.2, 0.25) is 0 Å². The number of urea groups is 1. The summed E-state index contributed by atoms with van der Waals surface area (Å²) in [7, 11) is 0. The molecule has 1 aliphatic heterocycles. The van der Waals surface area contributed by atoms with Gasteiger partial charge in [0.15, 0.2) is 4.34 Å². The van der Waals surface area contributed by atoms with Crippen molar-refractivity contribution in [3.05, 3.63) is 35.3 Å². The predicted molar refractivity (Wildman–Crippen MR) is 88.8 cm³/mol. The first-order valence-corrected chi connectivity index (χ1v) is 8.74. The lowest BCUT2D eigenvalue weighted by atomic mass is 10.3. The summed E-state index contributed by atoms with van der Waals surface area (Å²) in [6.07, 6.45) is 0. The van der Waals surface area contributed by atoms with Crippen molar-refractivity contribution in [1.29, 1.82) is 0 Å². The Labute approximate surface area is 137 Å². The van der Waals surface area contributed by atoms with Crippen LogP contribution in [0.3, 0.4) is 0 Å². The lowest BCUT2D eigenvalue weighted by Gasteiger charge is -2.26. The molecule has 1 N–H and O–H groups in total. The Bertz CT molecular complexity index is 636. The second kappa shape index (κ2) is 7.13. The summed E-state index contributed by atoms with van der Waals surface area (Å²) in [6.45, 7) is 4.49. The molecule has 2 aromatic rings. The Morgan fingerprint density at radius 2 is 2.05 bits per heavy atom. The van der Waals surface area contributed by atoms with E-state index in [0.29, 0.717) is 26.3 Å². The maximum atomic E-state index is 12.1. The highest BCUT2D eigenvalue weighted by atomic mass is 32.2. The molecule has 1 aromatic heterocycles. The number of carbonyl (C=O) groups is 1. The first kappa shape index (κ1) is 15.3. The van der Waals surface area contributed by atoms with Gasteiger partial charge in [0.2, 0.25) is 0 Å². The van der Waals surface area contributed by atoms with E-state index < -0.39 is 0 Å². The van der Waals surface area contributed by atoms with Gasteiger partial charge in [0.1, 0.15) is 0 Å². The van der Waals surface area contributed by atoms with Crippen LogP contribution in [-0.2, 0) is 4.74 Å². The van der Waals surface area contributed by atoms with Crippen LogP contribution in [-0.4, -0.2) is 42.2 Å². The number of amides is 2. The van der Waals surface area contributed by atoms with E-state index in [1.54, 1.807) is 28.0 Å². The molecule has 1 fully saturated rings. The Kier molecular flexibility index (Phi) is 4.97. The van der Waals surface area contributed by atoms with Gasteiger partial charge < -0.3 is 15.0 Å². The molecule has 0 spiro atoms. The van der Waals surface area contributed by atoms with Crippen LogP contribution in [0.5, 0.6) is 0 Å². The molecule has 0 saturated carbocycles. The zero-order chi connectivity index (χ0) is 15.4. The molecule has 0 unspecified atom stereocenters. The molecule has 0 bridgehead atoms. The van der Waals surface area contributed by atoms with Gasteiger partial charge in [0.25, 0.3) is 0 Å². The fourth-order valence-electron chi connectivity index (χ4n) is 2.06. The second-order valence-electron chi connectivity index (χ2n) is 4.91. The summed E-state index contributed by atoms with van der Waals surface area (Å²) < 4.78 is 6.27. The van der Waals surface area contributed by atoms with Crippen LogP contribution in [0.15, 0.2) is 38.9 Å². The minimum atomic E-state index is -0.0701. The molecular weight excluding hydrogens is 318 g/mol. The molecule has 116 valence electrons. The van der Waals surface area contributed by atoms with Gasteiger partial charge in [0.05, 0.1) is 13.2 Å². The van der Waals surface area contributed by atoms with Gasteiger partial charge in [0, 0.05) is 34.7 Å². The highest BCUT2D eigenvalue weighted by Gasteiger charge is 2.16. The molecule has 0 radical (unpaired) electrons. The molecule has 1 saturated heterocycles. The third kappa shape index (κ3) is 4.00. The average Bonchev–Trinajstić information content (AvgIpc) is 2.95. The quantitative estimate of drug-likeness (QED) is 0.933. The Morgan fingerprint density at radius 3 is 2.68 bits per heavy atom. The number of hydrogen-bond donors (Lipinski definition) is 1. The highest BCUT2D eigenvalue weighted by molar-refractivity contribution is 8.01. The first-order valence-electron chi connectivity index (χ1n) is 7.04. The SMILES string of the molecule is Cc1csc(Sc2ccc(NC(=O)N3CCOCC3)cc2)n1. The minimum absolute atomic E-state index is 0.0701. The third-order valence-corrected chi connectivity index (χ3v) is 5.27. The van der Waals surface area contributed by atoms with Gasteiger partial charge in [-0.15, -0.1) is 11.3 Å². The highest BCUT2D eigenvalue weighted by Crippen LogP contribution is 2.30. The molecule has 2 amide bonds. The van der Waals surface area contributed by atoms with Crippen molar-refractivity contribution in [2.75, 3.05) is 31.6 Å². The third-order valence-electron chi connectivity index (χ3n) is 3.21. The fraction of sp³-hybridized carbons (Fsp3) is 0.333. The van der Waals surface area contributed by atoms with Crippen LogP contribution in [0, 0.1) is 6.92 Å². The number of hydrogen-bond acceptors (Lipinski definition) is 5. The van der Waals surface area contributed by atoms with Crippen LogP contribution < -0.4 is 5.32 Å². The van der Waals surface area contributed by atoms with Crippen LogP contribution >= 0.6 is 23.1 Å². The largest absolute Gasteiger partial charge is 0.378 e. The topological polar surface area (TPSA) is 54.5 Å². The van der Waals surface area contributed by atoms with E-state index in [2.05, 4.69) is 10.3 Å². The van der Waals surface area contributed by atoms with Crippen molar-refractivity contribution < 1.29 is 9.53 Å². The Hall–Kier alpha value is -1.57. The number of carbonyl (C=O) groups excluding carboxylic acids is 1. The molecule has 0 aliphatic carbocycles. The maximum absolute atomic E-state index is 12.1. The van der Waals surface area contributed by atoms with E-state index >= 15 is 0 Å². The summed E-state index contributed by atoms with van der Waals surface area (Å²) in [5.41, 5.74) is 1.85. The Morgan fingerprint density at radius 1 is 1.32 bits per heavy atom. The summed E-state index contributed by atoms with van der Waals surface area (Å²) in [6, 6.07) is 7.76. The number of morpholine rings is 1. The van der Waals surface area contributed by atoms with Crippen molar-refractivity contribution in [3.8, 4) is 0 Å². The molecular formula is C15H17N3O2S2. The molecule has 2 heterocycles. The number of nitrogens with one attached hydrogen (secondary N) is 1. The van der Waals surface area contributed by atoms with E-state index in [4.69, 9.17) is 4.74 Å². The minimum Gasteiger partial charge on any atom is -0.378 e. The van der Waals surface area contributed by atoms with Crippen molar-refractivity contribution in [2.24, 2.45) is 0 Å². The van der Waals surface area contributed by atoms with Crippen molar-refractivity contribution in [1.82, 2.24) is 9.88 Å². The summed E-state index contributed by atoms with van der Waals surface area (Å²) >= 11 is 3.27. The van der Waals surface area contributed by atoms with Gasteiger partial charge in [-0.1, -0.05) is 11.8 Å². The number of ether oxygens (including phenoxy) is 1. The molecule has 5 nitrogen and oxygen atoms in total. The number of rotatable bonds is 3. The molecule has 22 heavy (non-hydrogen) atoms. The number of aryl methyl sites for hydroxylation is 1. The smallest absolute Gasteiger partial charge is 0.321 e. The van der Waals surface area contributed by atoms with Crippen molar-refractivity contribution in [3.63, 3.8) is 0 Å². The molecule has 0 atom stereocenters. The Balaban J connectivity index is 1.57. The molecule has 1 aliphatic rings. The van der Waals surface area contributed by atoms with Crippen LogP contribution in [0.25, 0.3) is 0 Å². The van der Waals surface area contributed by atoms with E-state index in [-0.39, 0.29) is 6.03 Å². The van der Waals surface area contributed by atoms with Gasteiger partial charge in [-0.3, -0.25) is 0 Å². The number of benzene rings is 1. The lowest BCUT2D eigenvalue weighted by molar-refractivity contribution is 0.0564. The average molecular weight is 335 g/mol. The zero-order valence-corrected chi connectivity index (χ0v) is 13.9. The van der Waals surface area contributed by atoms with Crippen LogP contribution in [0.1, 0.15) is 5.69 Å². The lowest BCUT2D eigenvalue weighted by Crippen LogP contribution is -2.43. The molecule has 7 heteroatoms. The van der Waals surface area contributed by atoms with Crippen molar-refractivity contribution >= 4 is 34.8 Å². The summed E-state index contributed by atoms with van der Waals surface area (Å²) in [5.74, 6) is 0. The maximum Gasteiger partial charge on any atom is 0.321 e. The first-order chi connectivity index (χ1) is 10.7. The van der Waals surface area contributed by atoms with Crippen LogP contribution in [0.4, 0.5) is 10.5 Å². The standard InChI is InChI=1S/C15H17N3O2S2/c1-11-10-21-15(16-11)22-13-4-2-12(3-5-13)17-14(19)18-6-8-20-9-7-18/h2-5,10H,6-9H2,1H3,(H,17,19). The van der Waals surface area contributed by atoms with Gasteiger partial charge in [-0.2, -0.15) is 0 Å². The number of thiazole rings is 1. The number of anilines is 1. The predicted octanol–water partition coefficient (Wildman–Crippen LogP) is 3.47. The van der Waals surface area contributed by atoms with Gasteiger partial charge in [-0.25, -0.2) is 9.78 Å². The van der Waals surface area contributed by atoms with Gasteiger partial charge in [-0.05, 0) is 31.2 Å². The van der Waals surface area contributed by atoms with E-state index in [0.717, 1.165) is 20.6 Å². The molecule has 3 rings (SSSR count). The second-order valence-corrected chi connectivity index (χ2v) is 7.09. The fourth-order valence-corrected chi connectivity index (χ4v) is 3.87. The molecule has 1 aromatic carbocycles. The van der Waals surface area contributed by atoms with Gasteiger partial charge >= 0.3 is 6.03 Å².